The lowest BCUT2D eigenvalue weighted by atomic mass is 9.98. The van der Waals surface area contributed by atoms with Gasteiger partial charge in [0.05, 0.1) is 29.9 Å². The Morgan fingerprint density at radius 2 is 1.08 bits per heavy atom. The van der Waals surface area contributed by atoms with Crippen LogP contribution in [0.2, 0.25) is 0 Å². The highest BCUT2D eigenvalue weighted by Crippen LogP contribution is 2.38. The van der Waals surface area contributed by atoms with Crippen molar-refractivity contribution >= 4 is 105 Å². The lowest BCUT2D eigenvalue weighted by Gasteiger charge is -2.36. The van der Waals surface area contributed by atoms with E-state index in [-0.39, 0.29) is 54.2 Å². The van der Waals surface area contributed by atoms with Gasteiger partial charge in [0, 0.05) is 58.1 Å². The number of nitrogens with two attached hydrogens (primary N) is 2. The summed E-state index contributed by atoms with van der Waals surface area (Å²) in [5.41, 5.74) is 7.64. The fraction of sp³-hybridized carbons (Fsp3) is 0.623. The molecule has 0 aromatic heterocycles. The number of hydrogen-bond acceptors (Lipinski definition) is 22. The number of benzene rings is 2. The number of rotatable bonds is 13. The molecule has 11 atom stereocenters. The summed E-state index contributed by atoms with van der Waals surface area (Å²) >= 11 is 0. The summed E-state index contributed by atoms with van der Waals surface area (Å²) in [7, 11) is 5.47. The summed E-state index contributed by atoms with van der Waals surface area (Å²) < 4.78 is 23.7. The number of fused-ring (bicyclic) bond motifs is 4. The standard InChI is InChI=1S/C69H98N14O19/c1-29(2)46(70)67(96)99-28-42(84)72-39-25-38(59(88)76-50-36(13)100-68(97)54(32(7)8)80(17)43(85)26-78(15)63(92)40-21-19-23-82(40)65(94)48(30(3)4)74-61(50)90)52-57(34(39)11)102-58-35(12)56(87)47(71)45(53(58)73-52)60(89)77-51-37(14)101-69(98)55(33(9)10)81(18)44(86)27-79(16)64(93)41-22-20-24-83(41)66(95)49(31(5)6)75-62(51)91/h25,29-33,36-37,40-41,46,48-51,54-55H,19-24,26-28,70-71H2,1-18H3,(H,72,84)(H,74,90)(H,75,91)(H,76,88)(H,77,89)/t36?,37?,40?,41?,46-,48?,49?,50?,51?,54?,55?/m0/s1. The Balaban J connectivity index is 1.41. The molecule has 33 heteroatoms. The fourth-order valence-corrected chi connectivity index (χ4v) is 13.2. The number of nitrogen functional groups attached to an aromatic ring is 1. The van der Waals surface area contributed by atoms with Gasteiger partial charge in [-0.1, -0.05) is 69.2 Å². The highest BCUT2D eigenvalue weighted by molar-refractivity contribution is 6.12. The Morgan fingerprint density at radius 1 is 0.637 bits per heavy atom. The van der Waals surface area contributed by atoms with Crippen molar-refractivity contribution in [3.63, 3.8) is 0 Å². The lowest BCUT2D eigenvalue weighted by Crippen LogP contribution is -2.61. The van der Waals surface area contributed by atoms with E-state index in [1.165, 1.54) is 75.5 Å². The number of esters is 3. The summed E-state index contributed by atoms with van der Waals surface area (Å²) in [4.78, 5) is 229. The third-order valence-electron chi connectivity index (χ3n) is 19.3. The molecule has 5 heterocycles. The predicted molar refractivity (Wildman–Crippen MR) is 368 cm³/mol. The molecule has 5 aliphatic heterocycles. The third-order valence-corrected chi connectivity index (χ3v) is 19.3. The van der Waals surface area contributed by atoms with Gasteiger partial charge in [-0.3, -0.25) is 62.3 Å². The van der Waals surface area contributed by atoms with E-state index >= 15 is 19.2 Å². The topological polar surface area (TPSA) is 441 Å². The van der Waals surface area contributed by atoms with Gasteiger partial charge in [0.2, 0.25) is 52.7 Å². The van der Waals surface area contributed by atoms with Gasteiger partial charge in [0.1, 0.15) is 77.8 Å². The molecule has 0 bridgehead atoms. The first-order valence-corrected chi connectivity index (χ1v) is 34.3. The van der Waals surface area contributed by atoms with Crippen molar-refractivity contribution in [3.05, 3.63) is 38.5 Å². The molecule has 9 N–H and O–H groups in total. The van der Waals surface area contributed by atoms with Crippen LogP contribution in [0.4, 0.5) is 11.4 Å². The normalized spacial score (nSPS) is 24.8. The van der Waals surface area contributed by atoms with Crippen LogP contribution in [0, 0.1) is 43.4 Å². The number of carbonyl (C=O) groups excluding carboxylic acids is 14. The Bertz CT molecular complexity index is 3870. The summed E-state index contributed by atoms with van der Waals surface area (Å²) in [6.45, 7) is 19.9. The number of anilines is 2. The van der Waals surface area contributed by atoms with Gasteiger partial charge in [-0.25, -0.2) is 14.6 Å². The molecule has 7 rings (SSSR count). The van der Waals surface area contributed by atoms with Gasteiger partial charge in [0.25, 0.3) is 17.7 Å². The molecule has 1 aromatic rings. The predicted octanol–water partition coefficient (Wildman–Crippen LogP) is 0.191. The summed E-state index contributed by atoms with van der Waals surface area (Å²) in [5, 5.41) is 13.1. The van der Waals surface area contributed by atoms with Crippen molar-refractivity contribution in [2.45, 2.75) is 189 Å². The monoisotopic (exact) mass is 1430 g/mol. The van der Waals surface area contributed by atoms with Crippen molar-refractivity contribution in [2.75, 3.05) is 72.0 Å². The van der Waals surface area contributed by atoms with Crippen LogP contribution in [0.3, 0.4) is 0 Å². The molecule has 33 nitrogen and oxygen atoms in total. The van der Waals surface area contributed by atoms with Crippen LogP contribution in [0.15, 0.2) is 15.3 Å². The zero-order valence-electron chi connectivity index (χ0n) is 61.2. The maximum absolute atomic E-state index is 15.7. The number of hydrogen-bond donors (Lipinski definition) is 7. The number of nitrogens with zero attached hydrogens (tertiary/aromatic N) is 7. The van der Waals surface area contributed by atoms with Crippen LogP contribution >= 0.6 is 0 Å². The Labute approximate surface area is 591 Å². The molecule has 0 spiro atoms. The highest BCUT2D eigenvalue weighted by Gasteiger charge is 2.47. The molecule has 1 aliphatic carbocycles. The van der Waals surface area contributed by atoms with Crippen molar-refractivity contribution in [1.29, 1.82) is 0 Å². The molecular formula is C69H98N14O19. The highest BCUT2D eigenvalue weighted by atomic mass is 16.6. The first kappa shape index (κ1) is 79.5. The largest absolute Gasteiger partial charge is 0.458 e. The van der Waals surface area contributed by atoms with E-state index in [4.69, 9.17) is 35.1 Å². The van der Waals surface area contributed by atoms with E-state index in [1.54, 1.807) is 69.2 Å². The number of carbonyl (C=O) groups is 14. The average molecular weight is 1430 g/mol. The SMILES string of the molecule is Cc1c2oc3c(C)c(NC(=O)COC(=O)[C@@H](N)C(C)C)cc(C(=O)NC4C(=O)NC(C(C)C)C(=O)N5CCCC5C(=O)N(C)CC(=O)N(C)C(C(C)C)C(=O)OC4C)c3nc-2c(C(=O)NC2C(=O)NC(C(C)C)C(=O)N3CCCC3C(=O)N(C)CC(=O)N(C)C(C(C)C)C(=O)OC2C)c(N)c1=O. The number of aryl methyl sites for hydroxylation is 1. The minimum Gasteiger partial charge on any atom is -0.458 e. The number of ether oxygens (including phenoxy) is 3. The minimum atomic E-state index is -1.98. The van der Waals surface area contributed by atoms with Crippen LogP contribution in [-0.4, -0.2) is 245 Å². The van der Waals surface area contributed by atoms with Gasteiger partial charge in [-0.05, 0) is 89.0 Å². The quantitative estimate of drug-likeness (QED) is 0.0520. The van der Waals surface area contributed by atoms with Crippen LogP contribution in [0.1, 0.15) is 141 Å². The van der Waals surface area contributed by atoms with Gasteiger partial charge in [-0.2, -0.15) is 0 Å². The fourth-order valence-electron chi connectivity index (χ4n) is 13.2. The molecule has 4 fully saturated rings. The van der Waals surface area contributed by atoms with E-state index in [1.807, 2.05) is 0 Å². The van der Waals surface area contributed by atoms with Gasteiger partial charge < -0.3 is 86.1 Å². The first-order valence-electron chi connectivity index (χ1n) is 34.3. The maximum Gasteiger partial charge on any atom is 0.329 e. The second-order valence-corrected chi connectivity index (χ2v) is 28.6. The lowest BCUT2D eigenvalue weighted by molar-refractivity contribution is -0.163. The molecule has 6 aliphatic rings. The number of likely N-dealkylation sites (N-methyl/N-ethyl adjacent to an activating group) is 4. The Kier molecular flexibility index (Phi) is 25.3. The Morgan fingerprint density at radius 3 is 1.50 bits per heavy atom. The van der Waals surface area contributed by atoms with E-state index in [9.17, 15) is 52.7 Å². The number of aromatic nitrogens is 1. The molecule has 0 saturated carbocycles. The van der Waals surface area contributed by atoms with Crippen molar-refractivity contribution in [2.24, 2.45) is 35.3 Å². The molecule has 10 unspecified atom stereocenters. The molecule has 0 radical (unpaired) electrons. The van der Waals surface area contributed by atoms with Crippen molar-refractivity contribution in [3.8, 4) is 11.5 Å². The van der Waals surface area contributed by atoms with E-state index in [0.29, 0.717) is 12.8 Å². The van der Waals surface area contributed by atoms with E-state index in [0.717, 1.165) is 15.9 Å². The smallest absolute Gasteiger partial charge is 0.329 e. The first-order chi connectivity index (χ1) is 47.6. The van der Waals surface area contributed by atoms with Crippen LogP contribution in [0.25, 0.3) is 22.6 Å². The molecule has 1 aromatic carbocycles. The molecule has 11 amide bonds. The second-order valence-electron chi connectivity index (χ2n) is 28.6. The second kappa shape index (κ2) is 32.4. The maximum atomic E-state index is 15.7. The van der Waals surface area contributed by atoms with Crippen molar-refractivity contribution < 1.29 is 85.8 Å². The Hall–Kier alpha value is -9.82. The van der Waals surface area contributed by atoms with Crippen LogP contribution in [-0.2, 0) is 71.7 Å². The van der Waals surface area contributed by atoms with Gasteiger partial charge >= 0.3 is 17.9 Å². The number of nitrogens with one attached hydrogen (secondary N) is 5. The van der Waals surface area contributed by atoms with E-state index in [2.05, 4.69) is 26.6 Å². The van der Waals surface area contributed by atoms with Crippen LogP contribution in [0.5, 0.6) is 0 Å². The van der Waals surface area contributed by atoms with E-state index < -0.39 is 232 Å². The van der Waals surface area contributed by atoms with Crippen LogP contribution < -0.4 is 43.5 Å². The number of amides is 11. The molecule has 102 heavy (non-hydrogen) atoms. The zero-order valence-corrected chi connectivity index (χ0v) is 61.2. The van der Waals surface area contributed by atoms with Gasteiger partial charge in [-0.15, -0.1) is 0 Å². The summed E-state index contributed by atoms with van der Waals surface area (Å²) in [5.74, 6) is -16.0. The zero-order chi connectivity index (χ0) is 76.3. The summed E-state index contributed by atoms with van der Waals surface area (Å²) in [6.07, 6.45) is -2.06. The third kappa shape index (κ3) is 16.7. The van der Waals surface area contributed by atoms with Gasteiger partial charge in [0.15, 0.2) is 18.0 Å². The minimum absolute atomic E-state index is 0.00758. The summed E-state index contributed by atoms with van der Waals surface area (Å²) in [6, 6.07) is -11.5. The number of cyclic esters (lactones) is 2. The molecule has 558 valence electrons. The average Bonchev–Trinajstić information content (AvgIpc) is 0.878. The molecule has 4 saturated heterocycles. The molecular weight excluding hydrogens is 1330 g/mol. The van der Waals surface area contributed by atoms with Crippen molar-refractivity contribution in [1.82, 2.24) is 55.7 Å².